The average Bonchev–Trinajstić information content (AvgIpc) is 2.53. The number of rotatable bonds is 8. The van der Waals surface area contributed by atoms with Crippen LogP contribution in [0.4, 0.5) is 0 Å². The normalized spacial score (nSPS) is 12.8. The fraction of sp³-hybridized carbons (Fsp3) is 0.316. The highest BCUT2D eigenvalue weighted by Gasteiger charge is 2.09. The molecule has 0 aliphatic rings. The van der Waals surface area contributed by atoms with Crippen molar-refractivity contribution in [2.75, 3.05) is 6.54 Å². The Labute approximate surface area is 127 Å². The second-order valence-electron chi connectivity index (χ2n) is 5.20. The summed E-state index contributed by atoms with van der Waals surface area (Å²) < 4.78 is 0. The summed E-state index contributed by atoms with van der Waals surface area (Å²) in [5.41, 5.74) is 2.46. The van der Waals surface area contributed by atoms with Crippen LogP contribution in [0.2, 0.25) is 0 Å². The summed E-state index contributed by atoms with van der Waals surface area (Å²) in [5, 5.41) is 4.91. The van der Waals surface area contributed by atoms with Crippen LogP contribution in [-0.2, 0) is 6.42 Å². The Morgan fingerprint density at radius 1 is 1.29 bits per heavy atom. The van der Waals surface area contributed by atoms with Gasteiger partial charge in [0.1, 0.15) is 0 Å². The molecule has 1 aromatic heterocycles. The van der Waals surface area contributed by atoms with Crippen LogP contribution >= 0.6 is 0 Å². The summed E-state index contributed by atoms with van der Waals surface area (Å²) in [6.07, 6.45) is 11.1. The van der Waals surface area contributed by atoms with Gasteiger partial charge in [0.15, 0.2) is 0 Å². The number of hydrogen-bond donors (Lipinski definition) is 1. The van der Waals surface area contributed by atoms with Gasteiger partial charge in [-0.3, -0.25) is 4.98 Å². The molecule has 0 radical (unpaired) electrons. The maximum Gasteiger partial charge on any atom is 0.0704 e. The summed E-state index contributed by atoms with van der Waals surface area (Å²) in [6.45, 7) is 6.92. The highest BCUT2D eigenvalue weighted by molar-refractivity contribution is 5.81. The fourth-order valence-corrected chi connectivity index (χ4v) is 2.52. The predicted molar refractivity (Wildman–Crippen MR) is 91.5 cm³/mol. The van der Waals surface area contributed by atoms with E-state index in [2.05, 4.69) is 54.1 Å². The molecule has 2 rings (SSSR count). The Kier molecular flexibility index (Phi) is 6.17. The smallest absolute Gasteiger partial charge is 0.0704 e. The van der Waals surface area contributed by atoms with Crippen molar-refractivity contribution in [1.29, 1.82) is 0 Å². The summed E-state index contributed by atoms with van der Waals surface area (Å²) in [4.78, 5) is 4.43. The van der Waals surface area contributed by atoms with E-state index < -0.39 is 0 Å². The van der Waals surface area contributed by atoms with Crippen LogP contribution in [0.3, 0.4) is 0 Å². The van der Waals surface area contributed by atoms with Gasteiger partial charge in [0, 0.05) is 17.6 Å². The Bertz CT molecular complexity index is 596. The van der Waals surface area contributed by atoms with Crippen molar-refractivity contribution < 1.29 is 0 Å². The van der Waals surface area contributed by atoms with Crippen molar-refractivity contribution in [3.63, 3.8) is 0 Å². The fourth-order valence-electron chi connectivity index (χ4n) is 2.52. The van der Waals surface area contributed by atoms with Crippen molar-refractivity contribution in [2.24, 2.45) is 0 Å². The monoisotopic (exact) mass is 280 g/mol. The van der Waals surface area contributed by atoms with Crippen molar-refractivity contribution in [3.8, 4) is 0 Å². The van der Waals surface area contributed by atoms with E-state index in [1.54, 1.807) is 0 Å². The lowest BCUT2D eigenvalue weighted by molar-refractivity contribution is 0.501. The van der Waals surface area contributed by atoms with Crippen LogP contribution in [0.25, 0.3) is 10.9 Å². The standard InChI is InChI=1S/C19H24N2/c1-3-5-6-9-13-20-17(4-2)15-16-12-14-21-19-11-8-7-10-18(16)19/h3,5-8,10-12,14,17,20H,1,4,9,13,15H2,2H3/b6-5+. The van der Waals surface area contributed by atoms with Gasteiger partial charge in [0.25, 0.3) is 0 Å². The third-order valence-electron chi connectivity index (χ3n) is 3.71. The molecule has 0 aliphatic carbocycles. The van der Waals surface area contributed by atoms with Crippen molar-refractivity contribution in [3.05, 3.63) is 66.9 Å². The topological polar surface area (TPSA) is 24.9 Å². The van der Waals surface area contributed by atoms with Crippen molar-refractivity contribution >= 4 is 10.9 Å². The van der Waals surface area contributed by atoms with Gasteiger partial charge in [0.2, 0.25) is 0 Å². The molecule has 0 saturated heterocycles. The van der Waals surface area contributed by atoms with Gasteiger partial charge in [-0.15, -0.1) is 0 Å². The van der Waals surface area contributed by atoms with E-state index in [1.807, 2.05) is 24.4 Å². The molecule has 2 nitrogen and oxygen atoms in total. The van der Waals surface area contributed by atoms with Gasteiger partial charge in [0.05, 0.1) is 5.52 Å². The first-order valence-electron chi connectivity index (χ1n) is 7.68. The molecule has 0 fully saturated rings. The van der Waals surface area contributed by atoms with Crippen LogP contribution in [0.1, 0.15) is 25.3 Å². The Hall–Kier alpha value is -1.93. The molecule has 1 unspecified atom stereocenters. The summed E-state index contributed by atoms with van der Waals surface area (Å²) in [7, 11) is 0. The van der Waals surface area contributed by atoms with Gasteiger partial charge in [-0.05, 0) is 43.5 Å². The lowest BCUT2D eigenvalue weighted by atomic mass is 10.0. The van der Waals surface area contributed by atoms with Crippen LogP contribution in [0, 0.1) is 0 Å². The molecule has 1 atom stereocenters. The molecule has 2 aromatic rings. The largest absolute Gasteiger partial charge is 0.313 e. The lowest BCUT2D eigenvalue weighted by Gasteiger charge is -2.17. The van der Waals surface area contributed by atoms with E-state index in [0.717, 1.165) is 31.3 Å². The second kappa shape index (κ2) is 8.38. The van der Waals surface area contributed by atoms with Crippen LogP contribution in [-0.4, -0.2) is 17.6 Å². The summed E-state index contributed by atoms with van der Waals surface area (Å²) in [6, 6.07) is 11.0. The molecule has 1 aromatic carbocycles. The van der Waals surface area contributed by atoms with E-state index in [9.17, 15) is 0 Å². The number of aromatic nitrogens is 1. The van der Waals surface area contributed by atoms with Crippen LogP contribution in [0.5, 0.6) is 0 Å². The van der Waals surface area contributed by atoms with E-state index >= 15 is 0 Å². The molecule has 0 aliphatic heterocycles. The molecule has 0 amide bonds. The Balaban J connectivity index is 2.00. The summed E-state index contributed by atoms with van der Waals surface area (Å²) in [5.74, 6) is 0. The van der Waals surface area contributed by atoms with Gasteiger partial charge < -0.3 is 5.32 Å². The number of allylic oxidation sites excluding steroid dienone is 2. The van der Waals surface area contributed by atoms with E-state index in [0.29, 0.717) is 6.04 Å². The van der Waals surface area contributed by atoms with Crippen molar-refractivity contribution in [1.82, 2.24) is 10.3 Å². The predicted octanol–water partition coefficient (Wildman–Crippen LogP) is 4.28. The zero-order valence-corrected chi connectivity index (χ0v) is 12.8. The first kappa shape index (κ1) is 15.5. The van der Waals surface area contributed by atoms with E-state index in [4.69, 9.17) is 0 Å². The molecule has 110 valence electrons. The third kappa shape index (κ3) is 4.54. The zero-order valence-electron chi connectivity index (χ0n) is 12.8. The third-order valence-corrected chi connectivity index (χ3v) is 3.71. The van der Waals surface area contributed by atoms with Crippen LogP contribution in [0.15, 0.2) is 61.3 Å². The number of hydrogen-bond acceptors (Lipinski definition) is 2. The van der Waals surface area contributed by atoms with Gasteiger partial charge in [-0.25, -0.2) is 0 Å². The van der Waals surface area contributed by atoms with Crippen molar-refractivity contribution in [2.45, 2.75) is 32.2 Å². The first-order valence-corrected chi connectivity index (χ1v) is 7.68. The molecule has 2 heteroatoms. The second-order valence-corrected chi connectivity index (χ2v) is 5.20. The molecule has 1 heterocycles. The highest BCUT2D eigenvalue weighted by Crippen LogP contribution is 2.18. The number of benzene rings is 1. The average molecular weight is 280 g/mol. The van der Waals surface area contributed by atoms with Gasteiger partial charge >= 0.3 is 0 Å². The zero-order chi connectivity index (χ0) is 14.9. The molecule has 0 bridgehead atoms. The Morgan fingerprint density at radius 3 is 2.95 bits per heavy atom. The van der Waals surface area contributed by atoms with E-state index in [-0.39, 0.29) is 0 Å². The number of pyridine rings is 1. The Morgan fingerprint density at radius 2 is 2.14 bits per heavy atom. The molecule has 21 heavy (non-hydrogen) atoms. The number of para-hydroxylation sites is 1. The van der Waals surface area contributed by atoms with E-state index in [1.165, 1.54) is 10.9 Å². The summed E-state index contributed by atoms with van der Waals surface area (Å²) >= 11 is 0. The minimum atomic E-state index is 0.507. The molecule has 0 spiro atoms. The lowest BCUT2D eigenvalue weighted by Crippen LogP contribution is -2.31. The molecule has 1 N–H and O–H groups in total. The maximum absolute atomic E-state index is 4.43. The number of fused-ring (bicyclic) bond motifs is 1. The molecular formula is C19H24N2. The highest BCUT2D eigenvalue weighted by atomic mass is 14.9. The van der Waals surface area contributed by atoms with Crippen LogP contribution < -0.4 is 5.32 Å². The van der Waals surface area contributed by atoms with Gasteiger partial charge in [-0.1, -0.05) is 49.9 Å². The minimum absolute atomic E-state index is 0.507. The SMILES string of the molecule is C=C/C=C/CCNC(CC)Cc1ccnc2ccccc12. The number of nitrogens with one attached hydrogen (secondary N) is 1. The minimum Gasteiger partial charge on any atom is -0.313 e. The maximum atomic E-state index is 4.43. The van der Waals surface area contributed by atoms with Gasteiger partial charge in [-0.2, -0.15) is 0 Å². The molecule has 0 saturated carbocycles. The first-order chi connectivity index (χ1) is 10.3. The molecular weight excluding hydrogens is 256 g/mol. The quantitative estimate of drug-likeness (QED) is 0.577. The number of nitrogens with zero attached hydrogens (tertiary/aromatic N) is 1.